The molecule has 0 aromatic heterocycles. The van der Waals surface area contributed by atoms with E-state index in [2.05, 4.69) is 0 Å². The molecule has 1 aromatic carbocycles. The van der Waals surface area contributed by atoms with Crippen molar-refractivity contribution in [2.45, 2.75) is 13.8 Å². The highest BCUT2D eigenvalue weighted by molar-refractivity contribution is 7.64. The first kappa shape index (κ1) is 14.7. The fourth-order valence-corrected chi connectivity index (χ4v) is 2.90. The second kappa shape index (κ2) is 6.50. The lowest BCUT2D eigenvalue weighted by molar-refractivity contribution is 0.107. The minimum atomic E-state index is -1.95. The SMILES string of the molecule is COc1cccc(OC)c1C(=O)[P+](=O)CC(C)C. The molecule has 0 fully saturated rings. The summed E-state index contributed by atoms with van der Waals surface area (Å²) in [5.74, 6) is 0.996. The maximum Gasteiger partial charge on any atom is 0.420 e. The van der Waals surface area contributed by atoms with Crippen molar-refractivity contribution in [3.63, 3.8) is 0 Å². The van der Waals surface area contributed by atoms with Gasteiger partial charge in [0.05, 0.1) is 14.2 Å². The van der Waals surface area contributed by atoms with E-state index in [-0.39, 0.29) is 11.5 Å². The largest absolute Gasteiger partial charge is 0.496 e. The van der Waals surface area contributed by atoms with E-state index < -0.39 is 13.3 Å². The van der Waals surface area contributed by atoms with Crippen molar-refractivity contribution in [1.82, 2.24) is 0 Å². The van der Waals surface area contributed by atoms with E-state index in [1.54, 1.807) is 18.2 Å². The standard InChI is InChI=1S/C13H18O4P/c1-9(2)8-18(15)13(14)12-10(16-3)6-5-7-11(12)17-4/h5-7,9H,8H2,1-4H3/q+1. The quantitative estimate of drug-likeness (QED) is 0.743. The number of carbonyl (C=O) groups is 1. The zero-order chi connectivity index (χ0) is 13.7. The monoisotopic (exact) mass is 269 g/mol. The lowest BCUT2D eigenvalue weighted by Gasteiger charge is -2.08. The predicted molar refractivity (Wildman–Crippen MR) is 71.2 cm³/mol. The highest BCUT2D eigenvalue weighted by Gasteiger charge is 2.35. The van der Waals surface area contributed by atoms with E-state index in [0.717, 1.165) is 0 Å². The summed E-state index contributed by atoms with van der Waals surface area (Å²) in [6, 6.07) is 5.05. The molecule has 0 bridgehead atoms. The highest BCUT2D eigenvalue weighted by Crippen LogP contribution is 2.38. The first-order valence-electron chi connectivity index (χ1n) is 5.71. The van der Waals surface area contributed by atoms with Gasteiger partial charge in [0, 0.05) is 0 Å². The first-order valence-corrected chi connectivity index (χ1v) is 7.15. The lowest BCUT2D eigenvalue weighted by Crippen LogP contribution is -2.04. The lowest BCUT2D eigenvalue weighted by atomic mass is 10.2. The van der Waals surface area contributed by atoms with Gasteiger partial charge in [-0.3, -0.25) is 0 Å². The molecule has 98 valence electrons. The van der Waals surface area contributed by atoms with Crippen LogP contribution in [0.5, 0.6) is 11.5 Å². The van der Waals surface area contributed by atoms with Crippen molar-refractivity contribution in [3.8, 4) is 11.5 Å². The molecule has 0 spiro atoms. The minimum Gasteiger partial charge on any atom is -0.496 e. The van der Waals surface area contributed by atoms with E-state index in [0.29, 0.717) is 17.7 Å². The third kappa shape index (κ3) is 3.30. The Balaban J connectivity index is 3.14. The number of benzene rings is 1. The van der Waals surface area contributed by atoms with Crippen LogP contribution in [0.3, 0.4) is 0 Å². The molecule has 5 heteroatoms. The van der Waals surface area contributed by atoms with Gasteiger partial charge in [-0.25, -0.2) is 4.79 Å². The molecule has 1 atom stereocenters. The second-order valence-electron chi connectivity index (χ2n) is 4.30. The molecule has 0 radical (unpaired) electrons. The molecule has 0 saturated heterocycles. The van der Waals surface area contributed by atoms with Gasteiger partial charge < -0.3 is 9.47 Å². The molecule has 1 aromatic rings. The number of hydrogen-bond acceptors (Lipinski definition) is 4. The third-order valence-corrected chi connectivity index (χ3v) is 4.14. The van der Waals surface area contributed by atoms with Crippen LogP contribution in [0, 0.1) is 5.92 Å². The fraction of sp³-hybridized carbons (Fsp3) is 0.462. The Hall–Kier alpha value is -1.41. The highest BCUT2D eigenvalue weighted by atomic mass is 31.1. The summed E-state index contributed by atoms with van der Waals surface area (Å²) in [4.78, 5) is 12.2. The van der Waals surface area contributed by atoms with Crippen LogP contribution in [-0.2, 0) is 4.57 Å². The van der Waals surface area contributed by atoms with Crippen LogP contribution in [0.1, 0.15) is 24.2 Å². The smallest absolute Gasteiger partial charge is 0.420 e. The van der Waals surface area contributed by atoms with Gasteiger partial charge in [-0.2, -0.15) is 0 Å². The van der Waals surface area contributed by atoms with Gasteiger partial charge in [0.15, 0.2) is 11.7 Å². The molecular weight excluding hydrogens is 251 g/mol. The summed E-state index contributed by atoms with van der Waals surface area (Å²) in [6.45, 7) is 3.86. The maximum absolute atomic E-state index is 12.2. The Kier molecular flexibility index (Phi) is 5.29. The summed E-state index contributed by atoms with van der Waals surface area (Å²) < 4.78 is 22.2. The summed E-state index contributed by atoms with van der Waals surface area (Å²) in [5, 5.41) is 0. The van der Waals surface area contributed by atoms with Crippen molar-refractivity contribution < 1.29 is 18.8 Å². The van der Waals surface area contributed by atoms with E-state index in [1.807, 2.05) is 13.8 Å². The molecule has 0 saturated carbocycles. The normalized spacial score (nSPS) is 11.3. The van der Waals surface area contributed by atoms with Crippen LogP contribution < -0.4 is 9.47 Å². The molecule has 1 unspecified atom stereocenters. The second-order valence-corrected chi connectivity index (χ2v) is 5.83. The van der Waals surface area contributed by atoms with Gasteiger partial charge in [-0.05, 0) is 18.1 Å². The first-order chi connectivity index (χ1) is 8.51. The van der Waals surface area contributed by atoms with Gasteiger partial charge in [0.2, 0.25) is 0 Å². The third-order valence-electron chi connectivity index (χ3n) is 2.40. The Morgan fingerprint density at radius 2 is 1.72 bits per heavy atom. The van der Waals surface area contributed by atoms with Crippen molar-refractivity contribution in [2.75, 3.05) is 20.4 Å². The van der Waals surface area contributed by atoms with Gasteiger partial charge in [0.1, 0.15) is 11.5 Å². The number of hydrogen-bond donors (Lipinski definition) is 0. The van der Waals surface area contributed by atoms with Crippen molar-refractivity contribution in [3.05, 3.63) is 23.8 Å². The number of rotatable bonds is 6. The van der Waals surface area contributed by atoms with E-state index in [1.165, 1.54) is 14.2 Å². The summed E-state index contributed by atoms with van der Waals surface area (Å²) in [7, 11) is 0.996. The number of ether oxygens (including phenoxy) is 2. The molecular formula is C13H18O4P+. The fourth-order valence-electron chi connectivity index (χ4n) is 1.60. The summed E-state index contributed by atoms with van der Waals surface area (Å²) >= 11 is 0. The van der Waals surface area contributed by atoms with Crippen LogP contribution in [0.15, 0.2) is 18.2 Å². The molecule has 1 rings (SSSR count). The summed E-state index contributed by atoms with van der Waals surface area (Å²) in [5.41, 5.74) is -0.141. The molecule has 0 amide bonds. The van der Waals surface area contributed by atoms with E-state index in [4.69, 9.17) is 9.47 Å². The van der Waals surface area contributed by atoms with E-state index >= 15 is 0 Å². The van der Waals surface area contributed by atoms with Crippen molar-refractivity contribution in [2.24, 2.45) is 5.92 Å². The topological polar surface area (TPSA) is 52.6 Å². The number of carbonyl (C=O) groups excluding carboxylic acids is 1. The van der Waals surface area contributed by atoms with E-state index in [9.17, 15) is 9.36 Å². The molecule has 0 heterocycles. The Bertz CT molecular complexity index is 432. The zero-order valence-corrected chi connectivity index (χ0v) is 12.0. The molecule has 4 nitrogen and oxygen atoms in total. The van der Waals surface area contributed by atoms with Crippen molar-refractivity contribution in [1.29, 1.82) is 0 Å². The predicted octanol–water partition coefficient (Wildman–Crippen LogP) is 3.33. The number of methoxy groups -OCH3 is 2. The molecule has 18 heavy (non-hydrogen) atoms. The van der Waals surface area contributed by atoms with Gasteiger partial charge in [-0.15, -0.1) is 0 Å². The van der Waals surface area contributed by atoms with Crippen LogP contribution in [0.4, 0.5) is 0 Å². The average molecular weight is 269 g/mol. The zero-order valence-electron chi connectivity index (χ0n) is 11.1. The molecule has 0 N–H and O–H groups in total. The van der Waals surface area contributed by atoms with Gasteiger partial charge in [0.25, 0.3) is 0 Å². The maximum atomic E-state index is 12.2. The molecule has 0 aliphatic heterocycles. The van der Waals surface area contributed by atoms with Crippen LogP contribution >= 0.6 is 7.80 Å². The minimum absolute atomic E-state index is 0.207. The molecule has 0 aliphatic carbocycles. The Morgan fingerprint density at radius 3 is 2.11 bits per heavy atom. The van der Waals surface area contributed by atoms with Gasteiger partial charge in [-0.1, -0.05) is 24.5 Å². The Morgan fingerprint density at radius 1 is 1.22 bits per heavy atom. The van der Waals surface area contributed by atoms with Crippen LogP contribution in [0.2, 0.25) is 0 Å². The summed E-state index contributed by atoms with van der Waals surface area (Å²) in [6.07, 6.45) is 0.370. The van der Waals surface area contributed by atoms with Gasteiger partial charge >= 0.3 is 13.3 Å². The average Bonchev–Trinajstić information content (AvgIpc) is 2.35. The Labute approximate surface area is 108 Å². The van der Waals surface area contributed by atoms with Crippen LogP contribution in [0.25, 0.3) is 0 Å². The van der Waals surface area contributed by atoms with Crippen LogP contribution in [-0.4, -0.2) is 25.9 Å². The van der Waals surface area contributed by atoms with Crippen molar-refractivity contribution >= 4 is 13.3 Å². The molecule has 0 aliphatic rings.